The minimum atomic E-state index is -1.32. The summed E-state index contributed by atoms with van der Waals surface area (Å²) in [6, 6.07) is 13.3. The molecular formula is C20H20O9-2. The van der Waals surface area contributed by atoms with E-state index in [4.69, 9.17) is 23.7 Å². The zero-order chi connectivity index (χ0) is 20.9. The highest BCUT2D eigenvalue weighted by atomic mass is 16.6. The molecule has 0 saturated carbocycles. The van der Waals surface area contributed by atoms with Crippen LogP contribution in [0.15, 0.2) is 48.5 Å². The maximum atomic E-state index is 10.5. The molecule has 0 aromatic heterocycles. The Hall–Kier alpha value is -3.46. The van der Waals surface area contributed by atoms with Gasteiger partial charge in [-0.3, -0.25) is 0 Å². The standard InChI is InChI=1S/C20H22O9/c21-19(22)13-28-17-7-3-1-5-15(17)26-11-9-25-10-12-27-16-6-2-4-8-18(16)29-14-20(23)24/h1-8H,9-14H2,(H,21,22)(H,23,24)/p-2. The predicted octanol–water partition coefficient (Wildman–Crippen LogP) is -0.582. The van der Waals surface area contributed by atoms with Gasteiger partial charge in [0.2, 0.25) is 0 Å². The average molecular weight is 404 g/mol. The van der Waals surface area contributed by atoms with Gasteiger partial charge in [0, 0.05) is 0 Å². The van der Waals surface area contributed by atoms with E-state index in [0.717, 1.165) is 0 Å². The minimum Gasteiger partial charge on any atom is -0.546 e. The molecule has 0 atom stereocenters. The second-order valence-corrected chi connectivity index (χ2v) is 5.52. The lowest BCUT2D eigenvalue weighted by molar-refractivity contribution is -0.308. The van der Waals surface area contributed by atoms with Crippen molar-refractivity contribution < 1.29 is 43.5 Å². The number of aliphatic carboxylic acids is 2. The third-order valence-corrected chi connectivity index (χ3v) is 3.36. The topological polar surface area (TPSA) is 126 Å². The number of hydrogen-bond acceptors (Lipinski definition) is 9. The Balaban J connectivity index is 1.66. The summed E-state index contributed by atoms with van der Waals surface area (Å²) in [6.45, 7) is -0.166. The van der Waals surface area contributed by atoms with Crippen molar-refractivity contribution in [2.45, 2.75) is 0 Å². The minimum absolute atomic E-state index is 0.219. The van der Waals surface area contributed by atoms with Gasteiger partial charge in [0.1, 0.15) is 26.4 Å². The largest absolute Gasteiger partial charge is 0.546 e. The van der Waals surface area contributed by atoms with Gasteiger partial charge in [-0.1, -0.05) is 24.3 Å². The molecule has 2 aromatic rings. The molecular weight excluding hydrogens is 384 g/mol. The molecule has 0 saturated heterocycles. The van der Waals surface area contributed by atoms with Crippen molar-refractivity contribution >= 4 is 11.9 Å². The van der Waals surface area contributed by atoms with Crippen LogP contribution in [0.5, 0.6) is 23.0 Å². The number of carboxylic acids is 2. The van der Waals surface area contributed by atoms with E-state index in [0.29, 0.717) is 23.0 Å². The predicted molar refractivity (Wildman–Crippen MR) is 95.7 cm³/mol. The van der Waals surface area contributed by atoms with E-state index in [1.807, 2.05) is 0 Å². The van der Waals surface area contributed by atoms with Gasteiger partial charge in [-0.25, -0.2) is 0 Å². The molecule has 29 heavy (non-hydrogen) atoms. The van der Waals surface area contributed by atoms with Crippen LogP contribution in [0, 0.1) is 0 Å². The molecule has 9 heteroatoms. The number of rotatable bonds is 14. The number of para-hydroxylation sites is 4. The first kappa shape index (κ1) is 21.8. The van der Waals surface area contributed by atoms with Gasteiger partial charge in [-0.15, -0.1) is 0 Å². The molecule has 2 rings (SSSR count). The zero-order valence-electron chi connectivity index (χ0n) is 15.5. The lowest BCUT2D eigenvalue weighted by Crippen LogP contribution is -2.29. The monoisotopic (exact) mass is 404 g/mol. The summed E-state index contributed by atoms with van der Waals surface area (Å²) in [5.41, 5.74) is 0. The van der Waals surface area contributed by atoms with Crippen molar-refractivity contribution in [1.82, 2.24) is 0 Å². The summed E-state index contributed by atoms with van der Waals surface area (Å²) in [5, 5.41) is 21.0. The summed E-state index contributed by atoms with van der Waals surface area (Å²) in [5.74, 6) is -1.26. The van der Waals surface area contributed by atoms with E-state index in [2.05, 4.69) is 0 Å². The maximum absolute atomic E-state index is 10.5. The number of carbonyl (C=O) groups is 2. The summed E-state index contributed by atoms with van der Waals surface area (Å²) < 4.78 is 26.6. The molecule has 0 aliphatic rings. The molecule has 0 fully saturated rings. The Bertz CT molecular complexity index is 726. The highest BCUT2D eigenvalue weighted by molar-refractivity contribution is 5.66. The van der Waals surface area contributed by atoms with Crippen molar-refractivity contribution in [3.05, 3.63) is 48.5 Å². The highest BCUT2D eigenvalue weighted by Crippen LogP contribution is 2.27. The van der Waals surface area contributed by atoms with Crippen LogP contribution < -0.4 is 29.2 Å². The summed E-state index contributed by atoms with van der Waals surface area (Å²) in [7, 11) is 0. The third kappa shape index (κ3) is 8.39. The van der Waals surface area contributed by atoms with E-state index in [1.165, 1.54) is 0 Å². The molecule has 9 nitrogen and oxygen atoms in total. The second kappa shape index (κ2) is 12.1. The Kier molecular flexibility index (Phi) is 9.10. The van der Waals surface area contributed by atoms with Gasteiger partial charge in [-0.2, -0.15) is 0 Å². The summed E-state index contributed by atoms with van der Waals surface area (Å²) >= 11 is 0. The molecule has 0 amide bonds. The molecule has 156 valence electrons. The van der Waals surface area contributed by atoms with Gasteiger partial charge in [0.25, 0.3) is 0 Å². The van der Waals surface area contributed by atoms with E-state index >= 15 is 0 Å². The van der Waals surface area contributed by atoms with Gasteiger partial charge in [-0.05, 0) is 24.3 Å². The molecule has 0 spiro atoms. The van der Waals surface area contributed by atoms with Crippen LogP contribution in [0.1, 0.15) is 0 Å². The molecule has 0 aliphatic carbocycles. The first-order valence-electron chi connectivity index (χ1n) is 8.73. The van der Waals surface area contributed by atoms with Crippen LogP contribution in [0.3, 0.4) is 0 Å². The van der Waals surface area contributed by atoms with Crippen molar-refractivity contribution in [3.8, 4) is 23.0 Å². The van der Waals surface area contributed by atoms with Crippen molar-refractivity contribution in [2.24, 2.45) is 0 Å². The van der Waals surface area contributed by atoms with Crippen LogP contribution in [0.4, 0.5) is 0 Å². The third-order valence-electron chi connectivity index (χ3n) is 3.36. The molecule has 2 aromatic carbocycles. The molecule has 0 N–H and O–H groups in total. The Morgan fingerprint density at radius 2 is 0.931 bits per heavy atom. The van der Waals surface area contributed by atoms with Crippen LogP contribution in [0.2, 0.25) is 0 Å². The van der Waals surface area contributed by atoms with E-state index in [-0.39, 0.29) is 26.4 Å². The number of benzene rings is 2. The number of carboxylic acid groups (broad SMARTS) is 2. The SMILES string of the molecule is O=C([O-])COc1ccccc1OCCOCCOc1ccccc1OCC(=O)[O-]. The Morgan fingerprint density at radius 1 is 0.586 bits per heavy atom. The Morgan fingerprint density at radius 3 is 1.28 bits per heavy atom. The number of hydrogen-bond donors (Lipinski definition) is 0. The fraction of sp³-hybridized carbons (Fsp3) is 0.300. The molecule has 0 heterocycles. The van der Waals surface area contributed by atoms with Gasteiger partial charge in [0.05, 0.1) is 25.2 Å². The van der Waals surface area contributed by atoms with Crippen LogP contribution in [0.25, 0.3) is 0 Å². The van der Waals surface area contributed by atoms with Crippen LogP contribution in [-0.2, 0) is 14.3 Å². The summed E-state index contributed by atoms with van der Waals surface area (Å²) in [6.07, 6.45) is 0. The molecule has 0 radical (unpaired) electrons. The normalized spacial score (nSPS) is 10.2. The van der Waals surface area contributed by atoms with Crippen molar-refractivity contribution in [1.29, 1.82) is 0 Å². The fourth-order valence-electron chi connectivity index (χ4n) is 2.17. The lowest BCUT2D eigenvalue weighted by Gasteiger charge is -2.14. The van der Waals surface area contributed by atoms with Gasteiger partial charge >= 0.3 is 0 Å². The van der Waals surface area contributed by atoms with Crippen molar-refractivity contribution in [3.63, 3.8) is 0 Å². The molecule has 0 unspecified atom stereocenters. The zero-order valence-corrected chi connectivity index (χ0v) is 15.5. The number of carbonyl (C=O) groups excluding carboxylic acids is 2. The smallest absolute Gasteiger partial charge is 0.161 e. The second-order valence-electron chi connectivity index (χ2n) is 5.52. The van der Waals surface area contributed by atoms with Crippen molar-refractivity contribution in [2.75, 3.05) is 39.6 Å². The van der Waals surface area contributed by atoms with Gasteiger partial charge < -0.3 is 43.5 Å². The van der Waals surface area contributed by atoms with E-state index < -0.39 is 25.2 Å². The molecule has 0 aliphatic heterocycles. The van der Waals surface area contributed by atoms with E-state index in [9.17, 15) is 19.8 Å². The van der Waals surface area contributed by atoms with Crippen LogP contribution >= 0.6 is 0 Å². The molecule has 0 bridgehead atoms. The van der Waals surface area contributed by atoms with E-state index in [1.54, 1.807) is 48.5 Å². The fourth-order valence-corrected chi connectivity index (χ4v) is 2.17. The van der Waals surface area contributed by atoms with Crippen LogP contribution in [-0.4, -0.2) is 51.6 Å². The Labute approximate surface area is 167 Å². The highest BCUT2D eigenvalue weighted by Gasteiger charge is 2.06. The maximum Gasteiger partial charge on any atom is 0.161 e. The first-order valence-corrected chi connectivity index (χ1v) is 8.73. The average Bonchev–Trinajstić information content (AvgIpc) is 2.71. The lowest BCUT2D eigenvalue weighted by atomic mass is 10.3. The quantitative estimate of drug-likeness (QED) is 0.380. The van der Waals surface area contributed by atoms with Gasteiger partial charge in [0.15, 0.2) is 23.0 Å². The number of ether oxygens (including phenoxy) is 5. The summed E-state index contributed by atoms with van der Waals surface area (Å²) in [4.78, 5) is 21.0. The first-order chi connectivity index (χ1) is 14.1.